The maximum absolute atomic E-state index is 10.0. The predicted octanol–water partition coefficient (Wildman–Crippen LogP) is 4.78. The van der Waals surface area contributed by atoms with Gasteiger partial charge in [-0.3, -0.25) is 0 Å². The van der Waals surface area contributed by atoms with Gasteiger partial charge in [0.05, 0.1) is 6.10 Å². The molecule has 2 atom stereocenters. The van der Waals surface area contributed by atoms with Gasteiger partial charge in [0, 0.05) is 0 Å². The standard InChI is InChI=1S/C15H32O/c1-6-8-9-10-11-14(16)12-13(7-2)15(3,4)5/h13-14,16H,6-12H2,1-5H3. The molecule has 98 valence electrons. The molecule has 0 radical (unpaired) electrons. The molecule has 0 aromatic carbocycles. The molecule has 0 aromatic rings. The van der Waals surface area contributed by atoms with Crippen molar-refractivity contribution in [3.8, 4) is 0 Å². The predicted molar refractivity (Wildman–Crippen MR) is 72.6 cm³/mol. The van der Waals surface area contributed by atoms with Crippen LogP contribution < -0.4 is 0 Å². The van der Waals surface area contributed by atoms with Crippen LogP contribution in [0.4, 0.5) is 0 Å². The smallest absolute Gasteiger partial charge is 0.0543 e. The fourth-order valence-corrected chi connectivity index (χ4v) is 2.39. The van der Waals surface area contributed by atoms with E-state index >= 15 is 0 Å². The number of aliphatic hydroxyl groups excluding tert-OH is 1. The van der Waals surface area contributed by atoms with Crippen molar-refractivity contribution in [2.75, 3.05) is 0 Å². The molecule has 2 unspecified atom stereocenters. The highest BCUT2D eigenvalue weighted by atomic mass is 16.3. The van der Waals surface area contributed by atoms with Crippen molar-refractivity contribution in [3.05, 3.63) is 0 Å². The molecule has 0 bridgehead atoms. The maximum atomic E-state index is 10.0. The van der Waals surface area contributed by atoms with Gasteiger partial charge in [0.25, 0.3) is 0 Å². The van der Waals surface area contributed by atoms with Gasteiger partial charge in [-0.25, -0.2) is 0 Å². The van der Waals surface area contributed by atoms with Crippen LogP contribution in [0.25, 0.3) is 0 Å². The Labute approximate surface area is 103 Å². The van der Waals surface area contributed by atoms with E-state index in [1.165, 1.54) is 32.1 Å². The number of unbranched alkanes of at least 4 members (excludes halogenated alkanes) is 3. The Balaban J connectivity index is 3.79. The van der Waals surface area contributed by atoms with E-state index in [1.54, 1.807) is 0 Å². The largest absolute Gasteiger partial charge is 0.393 e. The topological polar surface area (TPSA) is 20.2 Å². The highest BCUT2D eigenvalue weighted by Crippen LogP contribution is 2.32. The summed E-state index contributed by atoms with van der Waals surface area (Å²) in [6, 6.07) is 0. The highest BCUT2D eigenvalue weighted by Gasteiger charge is 2.24. The molecule has 0 aliphatic carbocycles. The van der Waals surface area contributed by atoms with Gasteiger partial charge in [-0.2, -0.15) is 0 Å². The van der Waals surface area contributed by atoms with Crippen molar-refractivity contribution >= 4 is 0 Å². The van der Waals surface area contributed by atoms with Crippen LogP contribution in [0.2, 0.25) is 0 Å². The monoisotopic (exact) mass is 228 g/mol. The van der Waals surface area contributed by atoms with Gasteiger partial charge in [0.15, 0.2) is 0 Å². The molecule has 0 heterocycles. The second-order valence-corrected chi connectivity index (χ2v) is 6.21. The Bertz CT molecular complexity index is 157. The van der Waals surface area contributed by atoms with Gasteiger partial charge in [-0.15, -0.1) is 0 Å². The molecular weight excluding hydrogens is 196 g/mol. The number of rotatable bonds is 8. The van der Waals surface area contributed by atoms with Crippen LogP contribution in [0.15, 0.2) is 0 Å². The molecule has 0 aromatic heterocycles. The Morgan fingerprint density at radius 1 is 1.00 bits per heavy atom. The molecule has 0 saturated carbocycles. The van der Waals surface area contributed by atoms with Crippen molar-refractivity contribution in [1.29, 1.82) is 0 Å². The lowest BCUT2D eigenvalue weighted by Crippen LogP contribution is -2.24. The van der Waals surface area contributed by atoms with Crippen LogP contribution >= 0.6 is 0 Å². The van der Waals surface area contributed by atoms with Crippen LogP contribution in [-0.2, 0) is 0 Å². The molecule has 0 amide bonds. The first-order valence-corrected chi connectivity index (χ1v) is 7.09. The number of aliphatic hydroxyl groups is 1. The minimum absolute atomic E-state index is 0.0824. The molecule has 0 aliphatic heterocycles. The lowest BCUT2D eigenvalue weighted by atomic mass is 9.75. The summed E-state index contributed by atoms with van der Waals surface area (Å²) in [5.41, 5.74) is 0.332. The van der Waals surface area contributed by atoms with Gasteiger partial charge in [0.2, 0.25) is 0 Å². The zero-order valence-electron chi connectivity index (χ0n) is 12.1. The van der Waals surface area contributed by atoms with Crippen LogP contribution in [0.3, 0.4) is 0 Å². The van der Waals surface area contributed by atoms with Crippen LogP contribution in [0, 0.1) is 11.3 Å². The highest BCUT2D eigenvalue weighted by molar-refractivity contribution is 4.75. The van der Waals surface area contributed by atoms with Gasteiger partial charge in [0.1, 0.15) is 0 Å². The van der Waals surface area contributed by atoms with E-state index in [4.69, 9.17) is 0 Å². The van der Waals surface area contributed by atoms with E-state index in [1.807, 2.05) is 0 Å². The summed E-state index contributed by atoms with van der Waals surface area (Å²) in [6.07, 6.45) is 8.11. The molecule has 0 fully saturated rings. The molecule has 1 nitrogen and oxygen atoms in total. The molecule has 0 spiro atoms. The maximum Gasteiger partial charge on any atom is 0.0543 e. The number of hydrogen-bond acceptors (Lipinski definition) is 1. The van der Waals surface area contributed by atoms with Gasteiger partial charge in [-0.1, -0.05) is 66.7 Å². The summed E-state index contributed by atoms with van der Waals surface area (Å²) in [4.78, 5) is 0. The zero-order valence-corrected chi connectivity index (χ0v) is 12.1. The molecule has 1 heteroatoms. The lowest BCUT2D eigenvalue weighted by Gasteiger charge is -2.31. The first-order valence-electron chi connectivity index (χ1n) is 7.09. The fourth-order valence-electron chi connectivity index (χ4n) is 2.39. The van der Waals surface area contributed by atoms with Crippen LogP contribution in [0.5, 0.6) is 0 Å². The van der Waals surface area contributed by atoms with E-state index < -0.39 is 0 Å². The number of hydrogen-bond donors (Lipinski definition) is 1. The Morgan fingerprint density at radius 2 is 1.62 bits per heavy atom. The second-order valence-electron chi connectivity index (χ2n) is 6.21. The van der Waals surface area contributed by atoms with E-state index in [9.17, 15) is 5.11 Å². The molecular formula is C15H32O. The normalized spacial score (nSPS) is 16.1. The first-order chi connectivity index (χ1) is 7.41. The molecule has 16 heavy (non-hydrogen) atoms. The third-order valence-electron chi connectivity index (χ3n) is 3.67. The third-order valence-corrected chi connectivity index (χ3v) is 3.67. The minimum Gasteiger partial charge on any atom is -0.393 e. The molecule has 1 N–H and O–H groups in total. The van der Waals surface area contributed by atoms with Gasteiger partial charge in [-0.05, 0) is 24.2 Å². The van der Waals surface area contributed by atoms with E-state index in [0.717, 1.165) is 12.8 Å². The van der Waals surface area contributed by atoms with Crippen molar-refractivity contribution in [2.24, 2.45) is 11.3 Å². The quantitative estimate of drug-likeness (QED) is 0.593. The Kier molecular flexibility index (Phi) is 8.09. The van der Waals surface area contributed by atoms with E-state index in [-0.39, 0.29) is 6.10 Å². The minimum atomic E-state index is -0.0824. The fraction of sp³-hybridized carbons (Fsp3) is 1.00. The van der Waals surface area contributed by atoms with Crippen LogP contribution in [0.1, 0.15) is 79.6 Å². The SMILES string of the molecule is CCCCCCC(O)CC(CC)C(C)(C)C. The van der Waals surface area contributed by atoms with E-state index in [2.05, 4.69) is 34.6 Å². The second kappa shape index (κ2) is 8.11. The molecule has 0 rings (SSSR count). The Hall–Kier alpha value is -0.0400. The van der Waals surface area contributed by atoms with Crippen LogP contribution in [-0.4, -0.2) is 11.2 Å². The van der Waals surface area contributed by atoms with Crippen molar-refractivity contribution < 1.29 is 5.11 Å². The average Bonchev–Trinajstić information content (AvgIpc) is 2.19. The van der Waals surface area contributed by atoms with Crippen molar-refractivity contribution in [3.63, 3.8) is 0 Å². The first kappa shape index (κ1) is 16.0. The third kappa shape index (κ3) is 7.27. The molecule has 0 saturated heterocycles. The summed E-state index contributed by atoms with van der Waals surface area (Å²) in [5, 5.41) is 10.0. The van der Waals surface area contributed by atoms with E-state index in [0.29, 0.717) is 11.3 Å². The van der Waals surface area contributed by atoms with Crippen molar-refractivity contribution in [1.82, 2.24) is 0 Å². The van der Waals surface area contributed by atoms with Gasteiger partial charge < -0.3 is 5.11 Å². The summed E-state index contributed by atoms with van der Waals surface area (Å²) >= 11 is 0. The lowest BCUT2D eigenvalue weighted by molar-refractivity contribution is 0.0912. The van der Waals surface area contributed by atoms with Crippen molar-refractivity contribution in [2.45, 2.75) is 85.7 Å². The Morgan fingerprint density at radius 3 is 2.06 bits per heavy atom. The summed E-state index contributed by atoms with van der Waals surface area (Å²) in [5.74, 6) is 0.647. The molecule has 0 aliphatic rings. The summed E-state index contributed by atoms with van der Waals surface area (Å²) in [7, 11) is 0. The summed E-state index contributed by atoms with van der Waals surface area (Å²) < 4.78 is 0. The summed E-state index contributed by atoms with van der Waals surface area (Å²) in [6.45, 7) is 11.3. The average molecular weight is 228 g/mol. The van der Waals surface area contributed by atoms with Gasteiger partial charge >= 0.3 is 0 Å². The zero-order chi connectivity index (χ0) is 12.6.